The second-order valence-electron chi connectivity index (χ2n) is 16.7. The summed E-state index contributed by atoms with van der Waals surface area (Å²) in [5.41, 5.74) is -0.218. The summed E-state index contributed by atoms with van der Waals surface area (Å²) >= 11 is 0. The van der Waals surface area contributed by atoms with E-state index in [4.69, 9.17) is 16.3 Å². The molecule has 1 heterocycles. The number of carbonyl (C=O) groups excluding carboxylic acids is 1. The Morgan fingerprint density at radius 3 is 1.37 bits per heavy atom. The first kappa shape index (κ1) is 59.0. The van der Waals surface area contributed by atoms with Crippen LogP contribution in [0.1, 0.15) is 240 Å². The standard InChI is InChI=1S/C34H65NO.C10H22.C5H6NO2.CH2O2/c1-5-9-20-26-33(27-21-10-6-2)28-22-16-13-12-14-18-24-31-35(30-11-7-3)32-25-19-15-17-23-29-34(36)8-4;1-4-6-8-10(3)9-7-5-2;1-3-4(7)5(8)6(3)2;2-1-3/h4,33H,5-7,9-32H2,1-3H3;10H,4-9H2,1-3H3;1-2H3;1H,(H,2,3)/q;;+1;. The Morgan fingerprint density at radius 1 is 0.632 bits per heavy atom. The molecule has 0 amide bonds. The lowest BCUT2D eigenvalue weighted by atomic mass is 9.90. The summed E-state index contributed by atoms with van der Waals surface area (Å²) in [7, 11) is 1.58. The van der Waals surface area contributed by atoms with Gasteiger partial charge < -0.3 is 10.0 Å². The lowest BCUT2D eigenvalue weighted by molar-refractivity contribution is -0.707. The van der Waals surface area contributed by atoms with Gasteiger partial charge in [0.1, 0.15) is 7.05 Å². The van der Waals surface area contributed by atoms with Gasteiger partial charge in [0.05, 0.1) is 0 Å². The molecule has 1 N–H and O–H groups in total. The number of carboxylic acid groups (broad SMARTS) is 1. The maximum atomic E-state index is 11.2. The molecule has 0 fully saturated rings. The van der Waals surface area contributed by atoms with Crippen LogP contribution in [-0.4, -0.2) is 41.9 Å². The molecule has 0 aliphatic carbocycles. The molecule has 1 aromatic rings. The molecule has 0 aromatic carbocycles. The second kappa shape index (κ2) is 46.4. The molecule has 334 valence electrons. The van der Waals surface area contributed by atoms with Crippen molar-refractivity contribution >= 4 is 12.3 Å². The van der Waals surface area contributed by atoms with Crippen molar-refractivity contribution < 1.29 is 19.3 Å². The van der Waals surface area contributed by atoms with E-state index in [1.807, 2.05) is 0 Å². The molecule has 57 heavy (non-hydrogen) atoms. The third-order valence-corrected chi connectivity index (χ3v) is 11.3. The molecule has 0 saturated heterocycles. The SMILES string of the molecule is C#CC(=O)CCCCCCCN(CCCC)CCCCCCCCCC(CCCCC)CCCCC.CCCCC(C)CCCC.Cc1c(=O)c(=O)[n+]1C.O=CO. The molecule has 0 atom stereocenters. The highest BCUT2D eigenvalue weighted by molar-refractivity contribution is 5.94. The minimum atomic E-state index is -0.400. The van der Waals surface area contributed by atoms with E-state index in [1.54, 1.807) is 14.0 Å². The van der Waals surface area contributed by atoms with Crippen LogP contribution in [-0.2, 0) is 16.6 Å². The number of terminal acetylenes is 1. The lowest BCUT2D eigenvalue weighted by Crippen LogP contribution is -2.66. The van der Waals surface area contributed by atoms with Crippen molar-refractivity contribution in [3.8, 4) is 12.3 Å². The monoisotopic (exact) mass is 804 g/mol. The van der Waals surface area contributed by atoms with Crippen LogP contribution in [0, 0.1) is 31.1 Å². The number of carbonyl (C=O) groups is 2. The molecule has 1 aromatic heterocycles. The van der Waals surface area contributed by atoms with Crippen molar-refractivity contribution in [2.24, 2.45) is 18.9 Å². The predicted molar refractivity (Wildman–Crippen MR) is 246 cm³/mol. The van der Waals surface area contributed by atoms with Crippen molar-refractivity contribution in [3.05, 3.63) is 26.3 Å². The normalized spacial score (nSPS) is 10.8. The van der Waals surface area contributed by atoms with Gasteiger partial charge in [-0.3, -0.25) is 14.4 Å². The molecule has 0 aliphatic rings. The zero-order valence-corrected chi connectivity index (χ0v) is 39.1. The molecule has 0 unspecified atom stereocenters. The summed E-state index contributed by atoms with van der Waals surface area (Å²) in [5.74, 6) is 4.16. The van der Waals surface area contributed by atoms with Gasteiger partial charge >= 0.3 is 11.0 Å². The van der Waals surface area contributed by atoms with Gasteiger partial charge in [-0.15, -0.1) is 6.42 Å². The molecule has 1 rings (SSSR count). The van der Waals surface area contributed by atoms with Gasteiger partial charge in [0.2, 0.25) is 11.5 Å². The lowest BCUT2D eigenvalue weighted by Gasteiger charge is -2.22. The number of hydrogen-bond acceptors (Lipinski definition) is 5. The van der Waals surface area contributed by atoms with E-state index in [1.165, 1.54) is 198 Å². The Kier molecular flexibility index (Phi) is 48.0. The first-order valence-corrected chi connectivity index (χ1v) is 24.0. The van der Waals surface area contributed by atoms with E-state index in [0.29, 0.717) is 12.1 Å². The van der Waals surface area contributed by atoms with Crippen LogP contribution in [0.25, 0.3) is 0 Å². The fraction of sp³-hybridized carbons (Fsp3) is 0.860. The van der Waals surface area contributed by atoms with E-state index < -0.39 is 5.56 Å². The van der Waals surface area contributed by atoms with Crippen LogP contribution in [0.4, 0.5) is 0 Å². The average Bonchev–Trinajstić information content (AvgIpc) is 3.22. The van der Waals surface area contributed by atoms with Gasteiger partial charge in [-0.1, -0.05) is 202 Å². The highest BCUT2D eigenvalue weighted by Gasteiger charge is 2.21. The van der Waals surface area contributed by atoms with Crippen molar-refractivity contribution in [3.63, 3.8) is 0 Å². The van der Waals surface area contributed by atoms with E-state index in [-0.39, 0.29) is 17.7 Å². The Labute approximate surface area is 353 Å². The van der Waals surface area contributed by atoms with Crippen molar-refractivity contribution in [1.29, 1.82) is 0 Å². The number of hydrogen-bond donors (Lipinski definition) is 1. The van der Waals surface area contributed by atoms with Gasteiger partial charge in [0.25, 0.3) is 6.47 Å². The summed E-state index contributed by atoms with van der Waals surface area (Å²) in [6, 6.07) is 0. The summed E-state index contributed by atoms with van der Waals surface area (Å²) in [4.78, 5) is 42.9. The van der Waals surface area contributed by atoms with Gasteiger partial charge in [-0.25, -0.2) is 4.79 Å². The maximum Gasteiger partial charge on any atom is 0.466 e. The highest BCUT2D eigenvalue weighted by Crippen LogP contribution is 2.24. The Morgan fingerprint density at radius 2 is 1.00 bits per heavy atom. The minimum Gasteiger partial charge on any atom is -0.483 e. The molecule has 0 bridgehead atoms. The number of ketones is 1. The summed E-state index contributed by atoms with van der Waals surface area (Å²) in [6.07, 6.45) is 45.6. The zero-order valence-electron chi connectivity index (χ0n) is 39.1. The molecule has 0 radical (unpaired) electrons. The maximum absolute atomic E-state index is 11.2. The fourth-order valence-corrected chi connectivity index (χ4v) is 7.20. The van der Waals surface area contributed by atoms with Crippen LogP contribution >= 0.6 is 0 Å². The fourth-order valence-electron chi connectivity index (χ4n) is 7.20. The van der Waals surface area contributed by atoms with Crippen molar-refractivity contribution in [1.82, 2.24) is 4.90 Å². The largest absolute Gasteiger partial charge is 0.483 e. The molecule has 0 saturated carbocycles. The van der Waals surface area contributed by atoms with Crippen LogP contribution in [0.5, 0.6) is 0 Å². The number of Topliss-reactive ketones (excluding diaryl/α,β-unsaturated/α-hetero) is 1. The first-order chi connectivity index (χ1) is 27.5. The third kappa shape index (κ3) is 40.2. The second-order valence-corrected chi connectivity index (χ2v) is 16.7. The van der Waals surface area contributed by atoms with Crippen LogP contribution in [0.15, 0.2) is 9.59 Å². The summed E-state index contributed by atoms with van der Waals surface area (Å²) in [6.45, 7) is 19.1. The molecule has 7 heteroatoms. The van der Waals surface area contributed by atoms with E-state index >= 15 is 0 Å². The zero-order chi connectivity index (χ0) is 43.4. The molecule has 7 nitrogen and oxygen atoms in total. The quantitative estimate of drug-likeness (QED) is 0.0183. The third-order valence-electron chi connectivity index (χ3n) is 11.3. The smallest absolute Gasteiger partial charge is 0.466 e. The predicted octanol–water partition coefficient (Wildman–Crippen LogP) is 12.6. The van der Waals surface area contributed by atoms with Gasteiger partial charge in [0.15, 0.2) is 0 Å². The van der Waals surface area contributed by atoms with Crippen LogP contribution in [0.3, 0.4) is 0 Å². The number of unbranched alkanes of at least 4 members (excludes halogenated alkanes) is 17. The Balaban J connectivity index is -0.00000111. The van der Waals surface area contributed by atoms with Gasteiger partial charge in [0, 0.05) is 13.3 Å². The Bertz CT molecular complexity index is 1070. The Hall–Kier alpha value is -2.33. The van der Waals surface area contributed by atoms with Crippen molar-refractivity contribution in [2.45, 2.75) is 241 Å². The molecular weight excluding hydrogens is 709 g/mol. The van der Waals surface area contributed by atoms with E-state index in [0.717, 1.165) is 24.7 Å². The summed E-state index contributed by atoms with van der Waals surface area (Å²) in [5, 5.41) is 6.89. The van der Waals surface area contributed by atoms with Crippen molar-refractivity contribution in [2.75, 3.05) is 19.6 Å². The first-order valence-electron chi connectivity index (χ1n) is 24.0. The topological polar surface area (TPSA) is 95.6 Å². The van der Waals surface area contributed by atoms with Crippen LogP contribution < -0.4 is 15.6 Å². The average molecular weight is 804 g/mol. The molecular formula is C50H95N2O5+. The molecule has 0 spiro atoms. The van der Waals surface area contributed by atoms with E-state index in [2.05, 4.69) is 52.4 Å². The number of nitrogens with zero attached hydrogens (tertiary/aromatic N) is 2. The van der Waals surface area contributed by atoms with Gasteiger partial charge in [-0.2, -0.15) is 4.57 Å². The molecule has 0 aliphatic heterocycles. The highest BCUT2D eigenvalue weighted by atomic mass is 16.3. The number of rotatable bonds is 35. The minimum absolute atomic E-state index is 0.0370. The van der Waals surface area contributed by atoms with E-state index in [9.17, 15) is 14.4 Å². The number of aromatic nitrogens is 1. The van der Waals surface area contributed by atoms with Crippen LogP contribution in [0.2, 0.25) is 0 Å². The van der Waals surface area contributed by atoms with Gasteiger partial charge in [-0.05, 0) is 63.1 Å². The summed E-state index contributed by atoms with van der Waals surface area (Å²) < 4.78 is 1.34.